The van der Waals surface area contributed by atoms with Crippen LogP contribution in [0.1, 0.15) is 17.5 Å². The first-order valence-electron chi connectivity index (χ1n) is 7.27. The lowest BCUT2D eigenvalue weighted by Crippen LogP contribution is -2.51. The van der Waals surface area contributed by atoms with Gasteiger partial charge in [-0.3, -0.25) is 0 Å². The summed E-state index contributed by atoms with van der Waals surface area (Å²) in [6.07, 6.45) is 5.56. The Morgan fingerprint density at radius 3 is 2.67 bits per heavy atom. The fourth-order valence-electron chi connectivity index (χ4n) is 2.62. The van der Waals surface area contributed by atoms with E-state index in [0.29, 0.717) is 18.4 Å². The van der Waals surface area contributed by atoms with Crippen LogP contribution >= 0.6 is 0 Å². The van der Waals surface area contributed by atoms with E-state index in [1.165, 1.54) is 19.0 Å². The zero-order valence-electron chi connectivity index (χ0n) is 13.8. The summed E-state index contributed by atoms with van der Waals surface area (Å²) in [5.74, 6) is 2.30. The molecule has 1 aliphatic carbocycles. The highest BCUT2D eigenvalue weighted by Gasteiger charge is 2.44. The van der Waals surface area contributed by atoms with Crippen molar-refractivity contribution in [2.45, 2.75) is 24.8 Å². The molecule has 1 amide bonds. The second kappa shape index (κ2) is 6.81. The van der Waals surface area contributed by atoms with E-state index in [2.05, 4.69) is 11.2 Å². The van der Waals surface area contributed by atoms with Crippen LogP contribution in [0.15, 0.2) is 24.3 Å². The molecule has 0 aliphatic heterocycles. The van der Waals surface area contributed by atoms with Crippen LogP contribution in [0.4, 0.5) is 4.79 Å². The van der Waals surface area contributed by atoms with Crippen LogP contribution in [-0.4, -0.2) is 46.0 Å². The van der Waals surface area contributed by atoms with Gasteiger partial charge in [0.05, 0.1) is 6.26 Å². The first-order chi connectivity index (χ1) is 11.2. The van der Waals surface area contributed by atoms with Crippen molar-refractivity contribution in [1.82, 2.24) is 10.2 Å². The molecule has 1 N–H and O–H groups in total. The predicted molar refractivity (Wildman–Crippen MR) is 88.3 cm³/mol. The average molecular weight is 352 g/mol. The predicted octanol–water partition coefficient (Wildman–Crippen LogP) is 1.01. The number of nitrogens with zero attached hydrogens (tertiary/aromatic N) is 1. The molecule has 1 aromatic carbocycles. The van der Waals surface area contributed by atoms with Gasteiger partial charge in [-0.25, -0.2) is 14.3 Å². The topological polar surface area (TPSA) is 84.9 Å². The molecule has 0 saturated carbocycles. The van der Waals surface area contributed by atoms with Gasteiger partial charge in [0, 0.05) is 19.7 Å². The first kappa shape index (κ1) is 18.3. The molecule has 24 heavy (non-hydrogen) atoms. The standard InChI is InChI=1S/C16H20N2O5S/c1-5-14(22-15(19)18(2)3)17-16(23-24(4,20)21)11-10-12-8-6-7-9-13(12)16/h1,6-9,14,17H,10-11H2,2-4H3. The van der Waals surface area contributed by atoms with Crippen molar-refractivity contribution < 1.29 is 22.1 Å². The number of carbonyl (C=O) groups excluding carboxylic acids is 1. The zero-order chi connectivity index (χ0) is 18.0. The minimum atomic E-state index is -3.79. The number of rotatable bonds is 5. The fraction of sp³-hybridized carbons (Fsp3) is 0.438. The third-order valence-electron chi connectivity index (χ3n) is 3.59. The van der Waals surface area contributed by atoms with E-state index in [1.54, 1.807) is 12.1 Å². The van der Waals surface area contributed by atoms with Gasteiger partial charge in [0.1, 0.15) is 0 Å². The quantitative estimate of drug-likeness (QED) is 0.484. The number of ether oxygens (including phenoxy) is 1. The van der Waals surface area contributed by atoms with E-state index >= 15 is 0 Å². The molecule has 2 atom stereocenters. The van der Waals surface area contributed by atoms with Crippen LogP contribution in [0.3, 0.4) is 0 Å². The van der Waals surface area contributed by atoms with Gasteiger partial charge in [-0.2, -0.15) is 8.42 Å². The van der Waals surface area contributed by atoms with Crippen molar-refractivity contribution in [3.63, 3.8) is 0 Å². The van der Waals surface area contributed by atoms with E-state index in [-0.39, 0.29) is 0 Å². The average Bonchev–Trinajstić information content (AvgIpc) is 2.83. The van der Waals surface area contributed by atoms with Crippen LogP contribution < -0.4 is 5.32 Å². The molecule has 8 heteroatoms. The summed E-state index contributed by atoms with van der Waals surface area (Å²) in [4.78, 5) is 13.0. The SMILES string of the molecule is C#CC(NC1(OS(C)(=O)=O)CCc2ccccc21)OC(=O)N(C)C. The highest BCUT2D eigenvalue weighted by Crippen LogP contribution is 2.39. The maximum Gasteiger partial charge on any atom is 0.411 e. The van der Waals surface area contributed by atoms with E-state index in [9.17, 15) is 13.2 Å². The van der Waals surface area contributed by atoms with Gasteiger partial charge >= 0.3 is 6.09 Å². The summed E-state index contributed by atoms with van der Waals surface area (Å²) in [5, 5.41) is 2.87. The van der Waals surface area contributed by atoms with Crippen molar-refractivity contribution in [1.29, 1.82) is 0 Å². The number of terminal acetylenes is 1. The van der Waals surface area contributed by atoms with Crippen molar-refractivity contribution >= 4 is 16.2 Å². The normalized spacial score (nSPS) is 20.8. The summed E-state index contributed by atoms with van der Waals surface area (Å²) in [5.41, 5.74) is 0.244. The van der Waals surface area contributed by atoms with E-state index < -0.39 is 28.2 Å². The third kappa shape index (κ3) is 4.06. The third-order valence-corrected chi connectivity index (χ3v) is 4.18. The lowest BCUT2D eigenvalue weighted by atomic mass is 10.0. The van der Waals surface area contributed by atoms with Crippen LogP contribution in [0.5, 0.6) is 0 Å². The van der Waals surface area contributed by atoms with Gasteiger partial charge in [-0.05, 0) is 24.3 Å². The minimum Gasteiger partial charge on any atom is -0.419 e. The number of hydrogen-bond acceptors (Lipinski definition) is 6. The summed E-state index contributed by atoms with van der Waals surface area (Å²) in [6.45, 7) is 0. The summed E-state index contributed by atoms with van der Waals surface area (Å²) in [7, 11) is -0.754. The van der Waals surface area contributed by atoms with Crippen molar-refractivity contribution in [2.24, 2.45) is 0 Å². The van der Waals surface area contributed by atoms with Crippen molar-refractivity contribution in [3.8, 4) is 12.3 Å². The Morgan fingerprint density at radius 1 is 1.42 bits per heavy atom. The molecular formula is C16H20N2O5S. The van der Waals surface area contributed by atoms with E-state index in [4.69, 9.17) is 15.3 Å². The van der Waals surface area contributed by atoms with Gasteiger partial charge in [0.2, 0.25) is 6.23 Å². The molecule has 0 bridgehead atoms. The van der Waals surface area contributed by atoms with Gasteiger partial charge in [-0.15, -0.1) is 6.42 Å². The second-order valence-corrected chi connectivity index (χ2v) is 7.32. The molecular weight excluding hydrogens is 332 g/mol. The second-order valence-electron chi connectivity index (χ2n) is 5.74. The zero-order valence-corrected chi connectivity index (χ0v) is 14.6. The monoisotopic (exact) mass is 352 g/mol. The molecule has 0 spiro atoms. The number of nitrogens with one attached hydrogen (secondary N) is 1. The Balaban J connectivity index is 2.35. The largest absolute Gasteiger partial charge is 0.419 e. The van der Waals surface area contributed by atoms with Gasteiger partial charge in [0.25, 0.3) is 10.1 Å². The van der Waals surface area contributed by atoms with Crippen molar-refractivity contribution in [3.05, 3.63) is 35.4 Å². The number of carbonyl (C=O) groups is 1. The number of fused-ring (bicyclic) bond motifs is 1. The lowest BCUT2D eigenvalue weighted by Gasteiger charge is -2.32. The molecule has 1 aromatic rings. The van der Waals surface area contributed by atoms with Gasteiger partial charge in [0.15, 0.2) is 5.72 Å². The molecule has 0 heterocycles. The van der Waals surface area contributed by atoms with E-state index in [1.807, 2.05) is 12.1 Å². The number of amides is 1. The number of hydrogen-bond donors (Lipinski definition) is 1. The molecule has 0 saturated heterocycles. The van der Waals surface area contributed by atoms with Crippen LogP contribution in [0.2, 0.25) is 0 Å². The Labute approximate surface area is 142 Å². The van der Waals surface area contributed by atoms with Crippen LogP contribution in [0.25, 0.3) is 0 Å². The van der Waals surface area contributed by atoms with Crippen LogP contribution in [-0.2, 0) is 31.2 Å². The molecule has 0 fully saturated rings. The van der Waals surface area contributed by atoms with Crippen LogP contribution in [0, 0.1) is 12.3 Å². The Kier molecular flexibility index (Phi) is 5.18. The number of aryl methyl sites for hydroxylation is 1. The molecule has 130 valence electrons. The maximum absolute atomic E-state index is 11.8. The molecule has 0 radical (unpaired) electrons. The molecule has 2 unspecified atom stereocenters. The van der Waals surface area contributed by atoms with Gasteiger partial charge in [-0.1, -0.05) is 24.3 Å². The Bertz CT molecular complexity index is 769. The summed E-state index contributed by atoms with van der Waals surface area (Å²) >= 11 is 0. The first-order valence-corrected chi connectivity index (χ1v) is 9.09. The molecule has 2 rings (SSSR count). The summed E-state index contributed by atoms with van der Waals surface area (Å²) in [6, 6.07) is 7.30. The molecule has 1 aliphatic rings. The smallest absolute Gasteiger partial charge is 0.411 e. The molecule has 0 aromatic heterocycles. The maximum atomic E-state index is 11.8. The molecule has 7 nitrogen and oxygen atoms in total. The summed E-state index contributed by atoms with van der Waals surface area (Å²) < 4.78 is 34.0. The minimum absolute atomic E-state index is 0.344. The highest BCUT2D eigenvalue weighted by atomic mass is 32.2. The van der Waals surface area contributed by atoms with Crippen molar-refractivity contribution in [2.75, 3.05) is 20.4 Å². The Hall–Kier alpha value is -2.08. The van der Waals surface area contributed by atoms with Gasteiger partial charge < -0.3 is 9.64 Å². The fourth-order valence-corrected chi connectivity index (χ4v) is 3.36. The Morgan fingerprint density at radius 2 is 2.08 bits per heavy atom. The van der Waals surface area contributed by atoms with E-state index in [0.717, 1.165) is 11.8 Å². The lowest BCUT2D eigenvalue weighted by molar-refractivity contribution is -0.0168. The highest BCUT2D eigenvalue weighted by molar-refractivity contribution is 7.86. The number of benzene rings is 1.